The molecule has 0 aliphatic rings. The smallest absolute Gasteiger partial charge is 0.332 e. The number of aryl methyl sites for hydroxylation is 2. The maximum Gasteiger partial charge on any atom is 0.332 e. The first-order chi connectivity index (χ1) is 15.0. The number of hydrogen-bond donors (Lipinski definition) is 3. The highest BCUT2D eigenvalue weighted by Gasteiger charge is 2.30. The van der Waals surface area contributed by atoms with Gasteiger partial charge in [0.1, 0.15) is 17.5 Å². The molecule has 1 atom stereocenters. The minimum absolute atomic E-state index is 0.0293. The molecule has 0 heterocycles. The number of para-hydroxylation sites is 1. The number of nitro groups is 1. The van der Waals surface area contributed by atoms with Crippen molar-refractivity contribution in [2.24, 2.45) is 5.92 Å². The van der Waals surface area contributed by atoms with Gasteiger partial charge in [0.2, 0.25) is 5.91 Å². The molecule has 3 amide bonds. The number of hydrogen-bond acceptors (Lipinski definition) is 6. The molecule has 2 N–H and O–H groups in total. The van der Waals surface area contributed by atoms with Gasteiger partial charge in [-0.25, -0.2) is 4.79 Å². The Bertz CT molecular complexity index is 992. The quantitative estimate of drug-likeness (QED) is 0.293. The molecule has 2 aromatic rings. The first kappa shape index (κ1) is 25.0. The summed E-state index contributed by atoms with van der Waals surface area (Å²) in [6, 6.07) is 8.06. The number of anilines is 2. The maximum absolute atomic E-state index is 13.1. The molecular formula is C22H28N4O5S. The lowest BCUT2D eigenvalue weighted by Gasteiger charge is -2.28. The number of thiol groups is 1. The summed E-state index contributed by atoms with van der Waals surface area (Å²) >= 11 is 4.27. The Hall–Kier alpha value is -3.27. The van der Waals surface area contributed by atoms with Crippen LogP contribution in [-0.4, -0.2) is 34.3 Å². The number of amides is 3. The molecule has 0 saturated heterocycles. The van der Waals surface area contributed by atoms with E-state index >= 15 is 0 Å². The normalized spacial score (nSPS) is 11.6. The van der Waals surface area contributed by atoms with Gasteiger partial charge in [0, 0.05) is 5.69 Å². The van der Waals surface area contributed by atoms with Gasteiger partial charge >= 0.3 is 6.03 Å². The summed E-state index contributed by atoms with van der Waals surface area (Å²) in [4.78, 5) is 36.7. The van der Waals surface area contributed by atoms with Crippen molar-refractivity contribution in [2.45, 2.75) is 40.2 Å². The summed E-state index contributed by atoms with van der Waals surface area (Å²) in [6.07, 6.45) is 0.346. The van der Waals surface area contributed by atoms with E-state index in [9.17, 15) is 19.7 Å². The summed E-state index contributed by atoms with van der Waals surface area (Å²) in [6.45, 7) is 7.61. The summed E-state index contributed by atoms with van der Waals surface area (Å²) < 4.78 is 5.98. The van der Waals surface area contributed by atoms with Crippen LogP contribution in [0.25, 0.3) is 0 Å². The third-order valence-corrected chi connectivity index (χ3v) is 5.33. The molecule has 2 aromatic carbocycles. The summed E-state index contributed by atoms with van der Waals surface area (Å²) in [5, 5.41) is 16.8. The molecule has 10 heteroatoms. The number of nitro benzene ring substituents is 1. The van der Waals surface area contributed by atoms with Crippen molar-refractivity contribution < 1.29 is 19.2 Å². The van der Waals surface area contributed by atoms with Crippen LogP contribution in [0.15, 0.2) is 36.4 Å². The zero-order chi connectivity index (χ0) is 24.0. The average Bonchev–Trinajstić information content (AvgIpc) is 2.74. The van der Waals surface area contributed by atoms with Crippen molar-refractivity contribution in [3.63, 3.8) is 0 Å². The lowest BCUT2D eigenvalue weighted by Crippen LogP contribution is -2.45. The van der Waals surface area contributed by atoms with Gasteiger partial charge in [-0.1, -0.05) is 44.9 Å². The Kier molecular flexibility index (Phi) is 8.48. The Morgan fingerprint density at radius 1 is 1.16 bits per heavy atom. The SMILES string of the molecule is COc1ccc(NC(=O)N(S)C(CC(C)C)C(=O)Nc2c(C)cccc2C)c([N+](=O)[O-])c1. The van der Waals surface area contributed by atoms with E-state index in [1.54, 1.807) is 0 Å². The van der Waals surface area contributed by atoms with Crippen molar-refractivity contribution in [3.8, 4) is 5.75 Å². The van der Waals surface area contributed by atoms with E-state index in [2.05, 4.69) is 23.4 Å². The molecule has 0 aliphatic carbocycles. The van der Waals surface area contributed by atoms with Crippen molar-refractivity contribution in [3.05, 3.63) is 57.6 Å². The van der Waals surface area contributed by atoms with Crippen molar-refractivity contribution in [2.75, 3.05) is 17.7 Å². The second kappa shape index (κ2) is 10.9. The molecule has 0 aliphatic heterocycles. The van der Waals surface area contributed by atoms with Crippen LogP contribution in [0.4, 0.5) is 21.9 Å². The van der Waals surface area contributed by atoms with Gasteiger partial charge < -0.3 is 15.4 Å². The molecule has 0 spiro atoms. The second-order valence-electron chi connectivity index (χ2n) is 7.82. The molecular weight excluding hydrogens is 432 g/mol. The van der Waals surface area contributed by atoms with Gasteiger partial charge in [0.05, 0.1) is 18.1 Å². The summed E-state index contributed by atoms with van der Waals surface area (Å²) in [7, 11) is 1.39. The number of carbonyl (C=O) groups excluding carboxylic acids is 2. The lowest BCUT2D eigenvalue weighted by molar-refractivity contribution is -0.384. The minimum atomic E-state index is -0.908. The van der Waals surface area contributed by atoms with Crippen LogP contribution in [0.5, 0.6) is 5.75 Å². The summed E-state index contributed by atoms with van der Waals surface area (Å²) in [5.74, 6) is -0.0324. The molecule has 2 rings (SSSR count). The highest BCUT2D eigenvalue weighted by atomic mass is 32.1. The Morgan fingerprint density at radius 2 is 1.78 bits per heavy atom. The van der Waals surface area contributed by atoms with E-state index in [0.717, 1.165) is 15.4 Å². The predicted molar refractivity (Wildman–Crippen MR) is 127 cm³/mol. The van der Waals surface area contributed by atoms with Crippen molar-refractivity contribution in [1.82, 2.24) is 4.31 Å². The fourth-order valence-corrected chi connectivity index (χ4v) is 3.44. The minimum Gasteiger partial charge on any atom is -0.496 e. The van der Waals surface area contributed by atoms with E-state index in [0.29, 0.717) is 12.1 Å². The maximum atomic E-state index is 13.1. The summed E-state index contributed by atoms with van der Waals surface area (Å²) in [5.41, 5.74) is 2.11. The zero-order valence-corrected chi connectivity index (χ0v) is 19.6. The van der Waals surface area contributed by atoms with Gasteiger partial charge in [-0.3, -0.25) is 19.2 Å². The molecule has 1 unspecified atom stereocenters. The second-order valence-corrected chi connectivity index (χ2v) is 8.25. The van der Waals surface area contributed by atoms with Crippen LogP contribution in [0, 0.1) is 29.9 Å². The van der Waals surface area contributed by atoms with E-state index in [1.807, 2.05) is 45.9 Å². The van der Waals surface area contributed by atoms with E-state index in [4.69, 9.17) is 4.74 Å². The molecule has 9 nitrogen and oxygen atoms in total. The van der Waals surface area contributed by atoms with Crippen LogP contribution < -0.4 is 15.4 Å². The van der Waals surface area contributed by atoms with Crippen molar-refractivity contribution in [1.29, 1.82) is 0 Å². The number of nitrogens with one attached hydrogen (secondary N) is 2. The monoisotopic (exact) mass is 460 g/mol. The topological polar surface area (TPSA) is 114 Å². The number of nitrogens with zero attached hydrogens (tertiary/aromatic N) is 2. The predicted octanol–water partition coefficient (Wildman–Crippen LogP) is 4.95. The Morgan fingerprint density at radius 3 is 2.31 bits per heavy atom. The fraction of sp³-hybridized carbons (Fsp3) is 0.364. The van der Waals surface area contributed by atoms with Crippen LogP contribution in [-0.2, 0) is 4.79 Å². The van der Waals surface area contributed by atoms with Crippen LogP contribution >= 0.6 is 12.8 Å². The van der Waals surface area contributed by atoms with Gasteiger partial charge in [0.25, 0.3) is 5.69 Å². The number of carbonyl (C=O) groups is 2. The number of rotatable bonds is 8. The van der Waals surface area contributed by atoms with Crippen LogP contribution in [0.1, 0.15) is 31.4 Å². The molecule has 0 aromatic heterocycles. The molecule has 0 bridgehead atoms. The zero-order valence-electron chi connectivity index (χ0n) is 18.7. The first-order valence-electron chi connectivity index (χ1n) is 10.0. The Labute approximate surface area is 192 Å². The third-order valence-electron chi connectivity index (χ3n) is 4.87. The number of benzene rings is 2. The average molecular weight is 461 g/mol. The highest BCUT2D eigenvalue weighted by Crippen LogP contribution is 2.30. The molecule has 0 radical (unpaired) electrons. The van der Waals surface area contributed by atoms with Gasteiger partial charge in [-0.2, -0.15) is 0 Å². The molecule has 32 heavy (non-hydrogen) atoms. The van der Waals surface area contributed by atoms with E-state index < -0.39 is 22.9 Å². The van der Waals surface area contributed by atoms with Crippen LogP contribution in [0.2, 0.25) is 0 Å². The van der Waals surface area contributed by atoms with Gasteiger partial charge in [-0.15, -0.1) is 0 Å². The standard InChI is InChI=1S/C22H28N4O5S/c1-13(2)11-19(21(27)24-20-14(3)7-6-8-15(20)4)25(32)22(28)23-17-10-9-16(31-5)12-18(17)26(29)30/h6-10,12-13,19,32H,11H2,1-5H3,(H,23,28)(H,24,27). The number of ether oxygens (including phenoxy) is 1. The largest absolute Gasteiger partial charge is 0.496 e. The van der Waals surface area contributed by atoms with Crippen molar-refractivity contribution >= 4 is 41.8 Å². The van der Waals surface area contributed by atoms with E-state index in [-0.39, 0.29) is 23.0 Å². The molecule has 0 fully saturated rings. The lowest BCUT2D eigenvalue weighted by atomic mass is 10.0. The van der Waals surface area contributed by atoms with Gasteiger partial charge in [-0.05, 0) is 49.4 Å². The first-order valence-corrected chi connectivity index (χ1v) is 10.4. The molecule has 172 valence electrons. The third kappa shape index (κ3) is 6.13. The van der Waals surface area contributed by atoms with Crippen LogP contribution in [0.3, 0.4) is 0 Å². The number of methoxy groups -OCH3 is 1. The van der Waals surface area contributed by atoms with Gasteiger partial charge in [0.15, 0.2) is 0 Å². The Balaban J connectivity index is 2.27. The number of urea groups is 1. The van der Waals surface area contributed by atoms with E-state index in [1.165, 1.54) is 25.3 Å². The molecule has 0 saturated carbocycles. The fourth-order valence-electron chi connectivity index (χ4n) is 3.19. The highest BCUT2D eigenvalue weighted by molar-refractivity contribution is 7.78.